The van der Waals surface area contributed by atoms with Crippen molar-refractivity contribution in [1.29, 1.82) is 5.26 Å². The first-order valence-corrected chi connectivity index (χ1v) is 10.5. The first-order chi connectivity index (χ1) is 14.0. The molecule has 0 unspecified atom stereocenters. The van der Waals surface area contributed by atoms with E-state index < -0.39 is 47.2 Å². The average Bonchev–Trinajstić information content (AvgIpc) is 3.59. The smallest absolute Gasteiger partial charge is 0.318 e. The summed E-state index contributed by atoms with van der Waals surface area (Å²) >= 11 is 0. The number of halogens is 4. The number of nitriles is 1. The zero-order valence-corrected chi connectivity index (χ0v) is 16.7. The second-order valence-electron chi connectivity index (χ2n) is 9.54. The van der Waals surface area contributed by atoms with Crippen molar-refractivity contribution in [3.63, 3.8) is 0 Å². The first-order valence-electron chi connectivity index (χ1n) is 10.5. The molecular formula is C20H26F4N4O2. The molecule has 0 radical (unpaired) electrons. The minimum absolute atomic E-state index is 0.0632. The Morgan fingerprint density at radius 2 is 1.77 bits per heavy atom. The topological polar surface area (TPSA) is 85.2 Å². The Hall–Kier alpha value is -2.05. The van der Waals surface area contributed by atoms with E-state index in [-0.39, 0.29) is 44.7 Å². The lowest BCUT2D eigenvalue weighted by Gasteiger charge is -2.34. The molecule has 1 atom stereocenters. The van der Waals surface area contributed by atoms with Crippen LogP contribution in [0.3, 0.4) is 0 Å². The fourth-order valence-corrected chi connectivity index (χ4v) is 4.35. The molecular weight excluding hydrogens is 404 g/mol. The molecule has 4 aliphatic rings. The third kappa shape index (κ3) is 4.35. The van der Waals surface area contributed by atoms with Crippen LogP contribution in [0.5, 0.6) is 0 Å². The van der Waals surface area contributed by atoms with Gasteiger partial charge < -0.3 is 15.5 Å². The van der Waals surface area contributed by atoms with E-state index in [2.05, 4.69) is 10.6 Å². The van der Waals surface area contributed by atoms with Gasteiger partial charge in [0.1, 0.15) is 11.6 Å². The van der Waals surface area contributed by atoms with Crippen LogP contribution in [0.4, 0.5) is 22.4 Å². The number of hydrogen-bond acceptors (Lipinski definition) is 3. The highest BCUT2D eigenvalue weighted by molar-refractivity contribution is 5.88. The van der Waals surface area contributed by atoms with Gasteiger partial charge in [-0.2, -0.15) is 5.26 Å². The van der Waals surface area contributed by atoms with E-state index in [1.807, 2.05) is 6.07 Å². The summed E-state index contributed by atoms with van der Waals surface area (Å²) in [5, 5.41) is 14.0. The lowest BCUT2D eigenvalue weighted by Crippen LogP contribution is -2.56. The van der Waals surface area contributed by atoms with Crippen LogP contribution in [0.2, 0.25) is 0 Å². The van der Waals surface area contributed by atoms with Crippen LogP contribution < -0.4 is 10.6 Å². The summed E-state index contributed by atoms with van der Waals surface area (Å²) in [7, 11) is 0. The second kappa shape index (κ2) is 6.99. The number of nitrogens with one attached hydrogen (secondary N) is 2. The fraction of sp³-hybridized carbons (Fsp3) is 0.850. The molecule has 3 amide bonds. The lowest BCUT2D eigenvalue weighted by atomic mass is 9.93. The number of piperidine rings is 1. The van der Waals surface area contributed by atoms with E-state index in [0.717, 1.165) is 12.8 Å². The number of rotatable bonds is 7. The number of nitrogens with zero attached hydrogens (tertiary/aromatic N) is 2. The zero-order chi connectivity index (χ0) is 21.8. The van der Waals surface area contributed by atoms with E-state index in [9.17, 15) is 27.2 Å². The van der Waals surface area contributed by atoms with Crippen LogP contribution in [0.25, 0.3) is 0 Å². The normalized spacial score (nSPS) is 26.4. The minimum atomic E-state index is -3.12. The van der Waals surface area contributed by atoms with Crippen molar-refractivity contribution in [2.24, 2.45) is 11.3 Å². The van der Waals surface area contributed by atoms with E-state index in [1.165, 1.54) is 4.90 Å². The number of carbonyl (C=O) groups is 2. The van der Waals surface area contributed by atoms with Gasteiger partial charge in [-0.1, -0.05) is 0 Å². The van der Waals surface area contributed by atoms with E-state index >= 15 is 0 Å². The molecule has 3 saturated carbocycles. The summed E-state index contributed by atoms with van der Waals surface area (Å²) in [6.07, 6.45) is 1.29. The molecule has 4 fully saturated rings. The van der Waals surface area contributed by atoms with Crippen molar-refractivity contribution in [3.05, 3.63) is 0 Å². The number of urea groups is 1. The second-order valence-corrected chi connectivity index (χ2v) is 9.54. The lowest BCUT2D eigenvalue weighted by molar-refractivity contribution is -0.126. The molecule has 0 aromatic rings. The Kier molecular flexibility index (Phi) is 4.94. The molecule has 4 rings (SSSR count). The molecule has 3 aliphatic carbocycles. The standard InChI is InChI=1S/C20H26F4N4O2/c21-19(22,9-13-1-2-13)10-14(15(29)27-18(12-25)3-4-18)26-16(30)28-7-5-17(6-8-28)11-20(17,23)24/h13-14H,1-11H2,(H,26,30)(H,27,29)/t14-/m0/s1. The molecule has 0 aromatic carbocycles. The third-order valence-electron chi connectivity index (χ3n) is 6.95. The molecule has 1 spiro atoms. The van der Waals surface area contributed by atoms with Crippen LogP contribution >= 0.6 is 0 Å². The Labute approximate surface area is 172 Å². The highest BCUT2D eigenvalue weighted by Crippen LogP contribution is 2.65. The van der Waals surface area contributed by atoms with Gasteiger partial charge in [-0.3, -0.25) is 4.79 Å². The summed E-state index contributed by atoms with van der Waals surface area (Å²) in [4.78, 5) is 26.5. The van der Waals surface area contributed by atoms with Gasteiger partial charge in [0, 0.05) is 37.8 Å². The maximum atomic E-state index is 14.5. The van der Waals surface area contributed by atoms with Gasteiger partial charge in [0.05, 0.1) is 6.07 Å². The number of likely N-dealkylation sites (tertiary alicyclic amines) is 1. The molecule has 30 heavy (non-hydrogen) atoms. The Balaban J connectivity index is 1.38. The quantitative estimate of drug-likeness (QED) is 0.609. The summed E-state index contributed by atoms with van der Waals surface area (Å²) in [6, 6.07) is -0.231. The summed E-state index contributed by atoms with van der Waals surface area (Å²) in [5.41, 5.74) is -2.08. The fourth-order valence-electron chi connectivity index (χ4n) is 4.35. The monoisotopic (exact) mass is 430 g/mol. The van der Waals surface area contributed by atoms with Crippen molar-refractivity contribution < 1.29 is 27.2 Å². The van der Waals surface area contributed by atoms with E-state index in [0.29, 0.717) is 12.8 Å². The van der Waals surface area contributed by atoms with Crippen LogP contribution in [0, 0.1) is 22.7 Å². The molecule has 1 saturated heterocycles. The summed E-state index contributed by atoms with van der Waals surface area (Å²) in [5.74, 6) is -6.69. The highest BCUT2D eigenvalue weighted by Gasteiger charge is 2.70. The van der Waals surface area contributed by atoms with Gasteiger partial charge in [0.25, 0.3) is 11.8 Å². The minimum Gasteiger partial charge on any atom is -0.336 e. The molecule has 2 N–H and O–H groups in total. The maximum Gasteiger partial charge on any atom is 0.318 e. The van der Waals surface area contributed by atoms with Gasteiger partial charge in [0.2, 0.25) is 5.91 Å². The molecule has 0 bridgehead atoms. The van der Waals surface area contributed by atoms with Crippen LogP contribution in [-0.2, 0) is 4.79 Å². The number of carbonyl (C=O) groups excluding carboxylic acids is 2. The Bertz CT molecular complexity index is 765. The number of alkyl halides is 4. The van der Waals surface area contributed by atoms with Crippen molar-refractivity contribution in [2.45, 2.75) is 81.2 Å². The van der Waals surface area contributed by atoms with Gasteiger partial charge in [-0.15, -0.1) is 0 Å². The summed E-state index contributed by atoms with van der Waals surface area (Å²) < 4.78 is 56.0. The maximum absolute atomic E-state index is 14.5. The van der Waals surface area contributed by atoms with Crippen molar-refractivity contribution in [3.8, 4) is 6.07 Å². The van der Waals surface area contributed by atoms with Gasteiger partial charge in [-0.25, -0.2) is 22.4 Å². The van der Waals surface area contributed by atoms with Gasteiger partial charge in [0.15, 0.2) is 0 Å². The van der Waals surface area contributed by atoms with Crippen LogP contribution in [0.15, 0.2) is 0 Å². The van der Waals surface area contributed by atoms with E-state index in [4.69, 9.17) is 5.26 Å². The van der Waals surface area contributed by atoms with Gasteiger partial charge >= 0.3 is 6.03 Å². The van der Waals surface area contributed by atoms with Gasteiger partial charge in [-0.05, 0) is 44.4 Å². The highest BCUT2D eigenvalue weighted by atomic mass is 19.3. The van der Waals surface area contributed by atoms with Crippen molar-refractivity contribution >= 4 is 11.9 Å². The third-order valence-corrected chi connectivity index (χ3v) is 6.95. The largest absolute Gasteiger partial charge is 0.336 e. The molecule has 166 valence electrons. The van der Waals surface area contributed by atoms with Crippen LogP contribution in [-0.4, -0.2) is 53.4 Å². The van der Waals surface area contributed by atoms with Crippen molar-refractivity contribution in [1.82, 2.24) is 15.5 Å². The molecule has 1 aliphatic heterocycles. The summed E-state index contributed by atoms with van der Waals surface area (Å²) in [6.45, 7) is 0.187. The van der Waals surface area contributed by atoms with E-state index in [1.54, 1.807) is 0 Å². The zero-order valence-electron chi connectivity index (χ0n) is 16.7. The van der Waals surface area contributed by atoms with Crippen LogP contribution in [0.1, 0.15) is 57.8 Å². The van der Waals surface area contributed by atoms with Crippen molar-refractivity contribution in [2.75, 3.05) is 13.1 Å². The first kappa shape index (κ1) is 21.2. The number of hydrogen-bond donors (Lipinski definition) is 2. The average molecular weight is 430 g/mol. The molecule has 10 heteroatoms. The molecule has 6 nitrogen and oxygen atoms in total. The predicted octanol–water partition coefficient (Wildman–Crippen LogP) is 3.18. The Morgan fingerprint density at radius 3 is 2.23 bits per heavy atom. The molecule has 1 heterocycles. The SMILES string of the molecule is N#CC1(NC(=O)[C@H](CC(F)(F)CC2CC2)NC(=O)N2CCC3(CC2)CC3(F)F)CC1. The molecule has 0 aromatic heterocycles. The number of amides is 3. The Morgan fingerprint density at radius 1 is 1.17 bits per heavy atom. The predicted molar refractivity (Wildman–Crippen MR) is 97.7 cm³/mol.